The number of nitrogens with two attached hydrogens (primary N) is 1. The minimum atomic E-state index is 0.0468. The first-order valence-corrected chi connectivity index (χ1v) is 7.14. The third kappa shape index (κ3) is 3.93. The van der Waals surface area contributed by atoms with Crippen LogP contribution < -0.4 is 16.0 Å². The van der Waals surface area contributed by atoms with Crippen LogP contribution in [0.5, 0.6) is 5.75 Å². The molecule has 0 aliphatic carbocycles. The Balaban J connectivity index is 1.96. The molecule has 1 aliphatic rings. The number of hydrazine groups is 1. The van der Waals surface area contributed by atoms with Crippen molar-refractivity contribution in [3.63, 3.8) is 0 Å². The number of fused-ring (bicyclic) bond motifs is 1. The average Bonchev–Trinajstić information content (AvgIpc) is 2.51. The van der Waals surface area contributed by atoms with Crippen molar-refractivity contribution in [2.45, 2.75) is 25.3 Å². The predicted molar refractivity (Wildman–Crippen MR) is 77.6 cm³/mol. The Kier molecular flexibility index (Phi) is 6.26. The molecular weight excluding hydrogens is 256 g/mol. The third-order valence-electron chi connectivity index (χ3n) is 3.52. The lowest BCUT2D eigenvalue weighted by atomic mass is 9.97. The second-order valence-electron chi connectivity index (χ2n) is 4.90. The summed E-state index contributed by atoms with van der Waals surface area (Å²) in [5, 5.41) is 0. The quantitative estimate of drug-likeness (QED) is 0.430. The summed E-state index contributed by atoms with van der Waals surface area (Å²) in [4.78, 5) is 0. The molecule has 0 fully saturated rings. The maximum atomic E-state index is 5.83. The zero-order valence-corrected chi connectivity index (χ0v) is 12.1. The number of rotatable bonds is 8. The van der Waals surface area contributed by atoms with Crippen LogP contribution in [0.3, 0.4) is 0 Å². The Bertz CT molecular complexity index is 412. The summed E-state index contributed by atoms with van der Waals surface area (Å²) in [6.45, 7) is 2.65. The van der Waals surface area contributed by atoms with Gasteiger partial charge in [-0.1, -0.05) is 18.2 Å². The smallest absolute Gasteiger partial charge is 0.127 e. The van der Waals surface area contributed by atoms with Crippen LogP contribution >= 0.6 is 0 Å². The largest absolute Gasteiger partial charge is 0.493 e. The normalized spacial score (nSPS) is 15.5. The van der Waals surface area contributed by atoms with E-state index in [9.17, 15) is 0 Å². The molecule has 1 unspecified atom stereocenters. The Morgan fingerprint density at radius 1 is 1.35 bits per heavy atom. The first-order valence-electron chi connectivity index (χ1n) is 7.14. The van der Waals surface area contributed by atoms with Crippen LogP contribution in [-0.4, -0.2) is 33.5 Å². The van der Waals surface area contributed by atoms with E-state index in [1.54, 1.807) is 7.11 Å². The fraction of sp³-hybridized carbons (Fsp3) is 0.600. The van der Waals surface area contributed by atoms with Crippen molar-refractivity contribution in [1.29, 1.82) is 0 Å². The van der Waals surface area contributed by atoms with Crippen LogP contribution in [0.1, 0.15) is 30.0 Å². The highest BCUT2D eigenvalue weighted by Gasteiger charge is 2.20. The summed E-state index contributed by atoms with van der Waals surface area (Å²) in [5.74, 6) is 6.69. The van der Waals surface area contributed by atoms with Gasteiger partial charge in [-0.05, 0) is 24.8 Å². The van der Waals surface area contributed by atoms with E-state index in [1.165, 1.54) is 5.56 Å². The molecule has 0 amide bonds. The number of methoxy groups -OCH3 is 1. The molecule has 0 saturated heterocycles. The Hall–Kier alpha value is -1.14. The van der Waals surface area contributed by atoms with E-state index in [2.05, 4.69) is 23.6 Å². The summed E-state index contributed by atoms with van der Waals surface area (Å²) < 4.78 is 16.3. The lowest BCUT2D eigenvalue weighted by Gasteiger charge is -2.24. The van der Waals surface area contributed by atoms with Crippen LogP contribution in [0.25, 0.3) is 0 Å². The highest BCUT2D eigenvalue weighted by molar-refractivity contribution is 5.44. The average molecular weight is 280 g/mol. The van der Waals surface area contributed by atoms with Crippen molar-refractivity contribution in [3.8, 4) is 5.75 Å². The predicted octanol–water partition coefficient (Wildman–Crippen LogP) is 1.57. The Labute approximate surface area is 120 Å². The molecule has 0 aromatic heterocycles. The van der Waals surface area contributed by atoms with Crippen molar-refractivity contribution in [2.75, 3.05) is 33.5 Å². The molecule has 3 N–H and O–H groups in total. The van der Waals surface area contributed by atoms with Crippen molar-refractivity contribution in [1.82, 2.24) is 5.43 Å². The van der Waals surface area contributed by atoms with Gasteiger partial charge in [-0.3, -0.25) is 11.3 Å². The number of hydrogen-bond acceptors (Lipinski definition) is 5. The van der Waals surface area contributed by atoms with Gasteiger partial charge in [-0.25, -0.2) is 0 Å². The lowest BCUT2D eigenvalue weighted by molar-refractivity contribution is 0.0656. The van der Waals surface area contributed by atoms with Gasteiger partial charge in [-0.2, -0.15) is 0 Å². The maximum Gasteiger partial charge on any atom is 0.127 e. The summed E-state index contributed by atoms with van der Waals surface area (Å²) in [5.41, 5.74) is 5.27. The number of para-hydroxylation sites is 1. The van der Waals surface area contributed by atoms with Gasteiger partial charge in [0.15, 0.2) is 0 Å². The van der Waals surface area contributed by atoms with Gasteiger partial charge in [0.25, 0.3) is 0 Å². The molecule has 1 aromatic rings. The van der Waals surface area contributed by atoms with E-state index >= 15 is 0 Å². The molecule has 1 atom stereocenters. The molecule has 20 heavy (non-hydrogen) atoms. The van der Waals surface area contributed by atoms with Gasteiger partial charge in [0.1, 0.15) is 5.75 Å². The van der Waals surface area contributed by atoms with E-state index < -0.39 is 0 Å². The molecular formula is C15H24N2O3. The van der Waals surface area contributed by atoms with Gasteiger partial charge in [-0.15, -0.1) is 0 Å². The molecule has 0 spiro atoms. The van der Waals surface area contributed by atoms with Crippen molar-refractivity contribution < 1.29 is 14.2 Å². The van der Waals surface area contributed by atoms with Gasteiger partial charge in [0, 0.05) is 19.3 Å². The molecule has 5 heteroatoms. The van der Waals surface area contributed by atoms with Crippen molar-refractivity contribution >= 4 is 0 Å². The van der Waals surface area contributed by atoms with Gasteiger partial charge in [0.05, 0.1) is 25.9 Å². The van der Waals surface area contributed by atoms with E-state index in [0.717, 1.165) is 37.2 Å². The maximum absolute atomic E-state index is 5.83. The number of benzene rings is 1. The molecule has 0 bridgehead atoms. The summed E-state index contributed by atoms with van der Waals surface area (Å²) >= 11 is 0. The van der Waals surface area contributed by atoms with Crippen LogP contribution in [0, 0.1) is 0 Å². The van der Waals surface area contributed by atoms with Crippen LogP contribution in [0.2, 0.25) is 0 Å². The molecule has 1 aromatic carbocycles. The van der Waals surface area contributed by atoms with Crippen LogP contribution in [-0.2, 0) is 15.9 Å². The molecule has 2 rings (SSSR count). The van der Waals surface area contributed by atoms with E-state index in [-0.39, 0.29) is 6.04 Å². The fourth-order valence-corrected chi connectivity index (χ4v) is 2.46. The standard InChI is InChI=1S/C15H24N2O3/c1-18-10-11-19-9-7-14(17-16)13-6-2-4-12-5-3-8-20-15(12)13/h2,4,6,14,17H,3,5,7-11,16H2,1H3. The first kappa shape index (κ1) is 15.3. The Morgan fingerprint density at radius 2 is 2.25 bits per heavy atom. The monoisotopic (exact) mass is 280 g/mol. The van der Waals surface area contributed by atoms with Crippen molar-refractivity contribution in [3.05, 3.63) is 29.3 Å². The van der Waals surface area contributed by atoms with Crippen LogP contribution in [0.15, 0.2) is 18.2 Å². The zero-order valence-electron chi connectivity index (χ0n) is 12.1. The minimum Gasteiger partial charge on any atom is -0.493 e. The molecule has 0 radical (unpaired) electrons. The number of hydrogen-bond donors (Lipinski definition) is 2. The summed E-state index contributed by atoms with van der Waals surface area (Å²) in [7, 11) is 1.67. The Morgan fingerprint density at radius 3 is 3.05 bits per heavy atom. The molecule has 1 aliphatic heterocycles. The minimum absolute atomic E-state index is 0.0468. The second kappa shape index (κ2) is 8.21. The molecule has 112 valence electrons. The fourth-order valence-electron chi connectivity index (χ4n) is 2.46. The van der Waals surface area contributed by atoms with Crippen molar-refractivity contribution in [2.24, 2.45) is 5.84 Å². The highest BCUT2D eigenvalue weighted by Crippen LogP contribution is 2.33. The molecule has 5 nitrogen and oxygen atoms in total. The lowest BCUT2D eigenvalue weighted by Crippen LogP contribution is -2.30. The molecule has 1 heterocycles. The number of ether oxygens (including phenoxy) is 3. The van der Waals surface area contributed by atoms with Gasteiger partial charge in [0.2, 0.25) is 0 Å². The van der Waals surface area contributed by atoms with E-state index in [4.69, 9.17) is 20.1 Å². The summed E-state index contributed by atoms with van der Waals surface area (Å²) in [6.07, 6.45) is 2.96. The van der Waals surface area contributed by atoms with E-state index in [0.29, 0.717) is 19.8 Å². The van der Waals surface area contributed by atoms with Gasteiger partial charge < -0.3 is 14.2 Å². The summed E-state index contributed by atoms with van der Waals surface area (Å²) in [6, 6.07) is 6.31. The SMILES string of the molecule is COCCOCCC(NN)c1cccc2c1OCCC2. The molecule has 0 saturated carbocycles. The van der Waals surface area contributed by atoms with Crippen LogP contribution in [0.4, 0.5) is 0 Å². The topological polar surface area (TPSA) is 65.7 Å². The third-order valence-corrected chi connectivity index (χ3v) is 3.52. The second-order valence-corrected chi connectivity index (χ2v) is 4.90. The van der Waals surface area contributed by atoms with Gasteiger partial charge >= 0.3 is 0 Å². The zero-order chi connectivity index (χ0) is 14.2. The number of nitrogens with one attached hydrogen (secondary N) is 1. The highest BCUT2D eigenvalue weighted by atomic mass is 16.5. The number of aryl methyl sites for hydroxylation is 1. The first-order chi connectivity index (χ1) is 9.86. The van der Waals surface area contributed by atoms with E-state index in [1.807, 2.05) is 0 Å².